The van der Waals surface area contributed by atoms with Crippen molar-refractivity contribution < 1.29 is 27.6 Å². The topological polar surface area (TPSA) is 80.2 Å². The molecule has 0 unspecified atom stereocenters. The van der Waals surface area contributed by atoms with E-state index in [1.807, 2.05) is 0 Å². The highest BCUT2D eigenvalue weighted by Gasteiger charge is 2.40. The number of hydrogen-bond donors (Lipinski definition) is 0. The van der Waals surface area contributed by atoms with Gasteiger partial charge in [0.1, 0.15) is 0 Å². The molecular weight excluding hydrogens is 407 g/mol. The largest absolute Gasteiger partial charge is 0.451 e. The molecule has 0 atom stereocenters. The van der Waals surface area contributed by atoms with Gasteiger partial charge in [0.2, 0.25) is 5.82 Å². The Morgan fingerprint density at radius 1 is 1.11 bits per heavy atom. The number of carbonyl (C=O) groups excluding carboxylic acids is 3. The van der Waals surface area contributed by atoms with Gasteiger partial charge in [-0.1, -0.05) is 11.6 Å². The Morgan fingerprint density at radius 3 is 2.26 bits per heavy atom. The van der Waals surface area contributed by atoms with Crippen molar-refractivity contribution in [3.05, 3.63) is 63.5 Å². The van der Waals surface area contributed by atoms with Crippen LogP contribution in [0, 0.1) is 0 Å². The number of benzene rings is 1. The predicted octanol–water partition coefficient (Wildman–Crippen LogP) is 4.03. The first-order chi connectivity index (χ1) is 12.7. The fourth-order valence-electron chi connectivity index (χ4n) is 2.07. The zero-order chi connectivity index (χ0) is 19.8. The Kier molecular flexibility index (Phi) is 5.03. The van der Waals surface area contributed by atoms with Gasteiger partial charge >= 0.3 is 11.4 Å². The lowest BCUT2D eigenvalue weighted by atomic mass is 10.2. The number of nitrogens with zero attached hydrogens (tertiary/aromatic N) is 3. The van der Waals surface area contributed by atoms with Crippen molar-refractivity contribution in [1.82, 2.24) is 14.9 Å². The molecule has 3 amide bonds. The van der Waals surface area contributed by atoms with Crippen LogP contribution in [0.25, 0.3) is 6.08 Å². The Labute approximate surface area is 159 Å². The van der Waals surface area contributed by atoms with Crippen LogP contribution in [0.15, 0.2) is 41.6 Å². The normalized spacial score (nSPS) is 16.3. The van der Waals surface area contributed by atoms with E-state index < -0.39 is 29.1 Å². The summed E-state index contributed by atoms with van der Waals surface area (Å²) in [5.41, 5.74) is 0.160. The monoisotopic (exact) mass is 413 g/mol. The van der Waals surface area contributed by atoms with Crippen molar-refractivity contribution in [1.29, 1.82) is 0 Å². The lowest BCUT2D eigenvalue weighted by Crippen LogP contribution is -2.34. The van der Waals surface area contributed by atoms with Crippen LogP contribution in [0.4, 0.5) is 18.0 Å². The molecule has 138 valence electrons. The number of halogens is 4. The Hall–Kier alpha value is -2.72. The molecule has 1 aromatic heterocycles. The van der Waals surface area contributed by atoms with Gasteiger partial charge in [-0.3, -0.25) is 14.4 Å². The minimum Gasteiger partial charge on any atom is -0.268 e. The molecule has 1 saturated heterocycles. The lowest BCUT2D eigenvalue weighted by molar-refractivity contribution is -0.145. The average molecular weight is 414 g/mol. The predicted molar refractivity (Wildman–Crippen MR) is 90.6 cm³/mol. The van der Waals surface area contributed by atoms with E-state index in [1.165, 1.54) is 24.3 Å². The van der Waals surface area contributed by atoms with Crippen LogP contribution in [0.2, 0.25) is 5.02 Å². The van der Waals surface area contributed by atoms with Gasteiger partial charge in [0.15, 0.2) is 0 Å². The summed E-state index contributed by atoms with van der Waals surface area (Å²) in [5, 5.41) is -0.443. The van der Waals surface area contributed by atoms with E-state index in [4.69, 9.17) is 11.6 Å². The fraction of sp³-hybridized carbons (Fsp3) is 0.0625. The highest BCUT2D eigenvalue weighted by atomic mass is 35.5. The molecule has 2 aromatic rings. The van der Waals surface area contributed by atoms with Crippen LogP contribution < -0.4 is 0 Å². The molecule has 0 radical (unpaired) electrons. The summed E-state index contributed by atoms with van der Waals surface area (Å²) in [6.07, 6.45) is -1.82. The maximum absolute atomic E-state index is 12.5. The van der Waals surface area contributed by atoms with E-state index in [9.17, 15) is 27.6 Å². The molecule has 0 bridgehead atoms. The quantitative estimate of drug-likeness (QED) is 0.546. The Morgan fingerprint density at radius 2 is 1.70 bits per heavy atom. The average Bonchev–Trinajstić information content (AvgIpc) is 2.88. The molecule has 3 rings (SSSR count). The molecular formula is C16H7ClF3N3O3S. The third-order valence-electron chi connectivity index (χ3n) is 3.31. The first kappa shape index (κ1) is 19.1. The van der Waals surface area contributed by atoms with Gasteiger partial charge in [-0.2, -0.15) is 13.2 Å². The van der Waals surface area contributed by atoms with Gasteiger partial charge in [0, 0.05) is 28.5 Å². The summed E-state index contributed by atoms with van der Waals surface area (Å²) in [4.78, 5) is 43.5. The number of aromatic nitrogens is 2. The maximum atomic E-state index is 12.5. The first-order valence-corrected chi connectivity index (χ1v) is 8.33. The third kappa shape index (κ3) is 4.01. The van der Waals surface area contributed by atoms with Crippen molar-refractivity contribution in [3.63, 3.8) is 0 Å². The van der Waals surface area contributed by atoms with Gasteiger partial charge in [-0.15, -0.1) is 0 Å². The van der Waals surface area contributed by atoms with Crippen molar-refractivity contribution in [3.8, 4) is 0 Å². The minimum absolute atomic E-state index is 0.0763. The van der Waals surface area contributed by atoms with Gasteiger partial charge in [0.05, 0.1) is 4.91 Å². The summed E-state index contributed by atoms with van der Waals surface area (Å²) in [6, 6.07) is 5.59. The molecule has 2 heterocycles. The summed E-state index contributed by atoms with van der Waals surface area (Å²) in [6.45, 7) is 0. The molecule has 1 aliphatic rings. The Bertz CT molecular complexity index is 960. The van der Waals surface area contributed by atoms with Crippen molar-refractivity contribution in [2.45, 2.75) is 6.18 Å². The van der Waals surface area contributed by atoms with Crippen LogP contribution >= 0.6 is 23.4 Å². The number of carbonyl (C=O) groups is 3. The van der Waals surface area contributed by atoms with E-state index in [1.54, 1.807) is 0 Å². The summed E-state index contributed by atoms with van der Waals surface area (Å²) < 4.78 is 37.4. The zero-order valence-corrected chi connectivity index (χ0v) is 14.6. The highest BCUT2D eigenvalue weighted by Crippen LogP contribution is 2.33. The molecule has 0 saturated carbocycles. The minimum atomic E-state index is -4.69. The Balaban J connectivity index is 1.84. The lowest BCUT2D eigenvalue weighted by Gasteiger charge is -2.10. The van der Waals surface area contributed by atoms with E-state index in [2.05, 4.69) is 9.97 Å². The number of thioether (sulfide) groups is 1. The standard InChI is InChI=1S/C16H7ClF3N3O3S/c17-10-3-1-9(2-4-10)12(24)23-13(25)11(27-15(23)26)5-8-6-21-14(22-7-8)16(18,19)20/h1-7H/b11-5-. The molecule has 0 spiro atoms. The summed E-state index contributed by atoms with van der Waals surface area (Å²) in [7, 11) is 0. The van der Waals surface area contributed by atoms with Crippen LogP contribution in [0.1, 0.15) is 21.7 Å². The first-order valence-electron chi connectivity index (χ1n) is 7.14. The van der Waals surface area contributed by atoms with Crippen molar-refractivity contribution in [2.24, 2.45) is 0 Å². The molecule has 6 nitrogen and oxygen atoms in total. The van der Waals surface area contributed by atoms with E-state index >= 15 is 0 Å². The second kappa shape index (κ2) is 7.12. The smallest absolute Gasteiger partial charge is 0.268 e. The molecule has 0 aliphatic carbocycles. The van der Waals surface area contributed by atoms with Crippen LogP contribution in [0.5, 0.6) is 0 Å². The SMILES string of the molecule is O=C1S/C(=C\c2cnc(C(F)(F)F)nc2)C(=O)N1C(=O)c1ccc(Cl)cc1. The van der Waals surface area contributed by atoms with Crippen LogP contribution in [-0.4, -0.2) is 31.9 Å². The number of alkyl halides is 3. The van der Waals surface area contributed by atoms with E-state index in [0.717, 1.165) is 18.5 Å². The number of hydrogen-bond acceptors (Lipinski definition) is 6. The summed E-state index contributed by atoms with van der Waals surface area (Å²) in [5.74, 6) is -3.04. The molecule has 1 fully saturated rings. The van der Waals surface area contributed by atoms with Gasteiger partial charge < -0.3 is 0 Å². The second-order valence-corrected chi connectivity index (χ2v) is 6.60. The van der Waals surface area contributed by atoms with Gasteiger partial charge in [0.25, 0.3) is 11.8 Å². The fourth-order valence-corrected chi connectivity index (χ4v) is 3.02. The van der Waals surface area contributed by atoms with Crippen LogP contribution in [0.3, 0.4) is 0 Å². The second-order valence-electron chi connectivity index (χ2n) is 5.17. The molecule has 1 aliphatic heterocycles. The van der Waals surface area contributed by atoms with Gasteiger partial charge in [-0.25, -0.2) is 14.9 Å². The highest BCUT2D eigenvalue weighted by molar-refractivity contribution is 8.18. The molecule has 11 heteroatoms. The molecule has 0 N–H and O–H groups in total. The van der Waals surface area contributed by atoms with Crippen LogP contribution in [-0.2, 0) is 11.0 Å². The molecule has 27 heavy (non-hydrogen) atoms. The maximum Gasteiger partial charge on any atom is 0.451 e. The molecule has 1 aromatic carbocycles. The van der Waals surface area contributed by atoms with Crippen molar-refractivity contribution >= 4 is 46.5 Å². The number of rotatable bonds is 2. The summed E-state index contributed by atoms with van der Waals surface area (Å²) >= 11 is 6.22. The van der Waals surface area contributed by atoms with E-state index in [-0.39, 0.29) is 16.0 Å². The number of amides is 3. The van der Waals surface area contributed by atoms with Crippen molar-refractivity contribution in [2.75, 3.05) is 0 Å². The van der Waals surface area contributed by atoms with Gasteiger partial charge in [-0.05, 0) is 42.1 Å². The van der Waals surface area contributed by atoms with E-state index in [0.29, 0.717) is 21.7 Å². The number of imide groups is 3. The third-order valence-corrected chi connectivity index (χ3v) is 4.43. The zero-order valence-electron chi connectivity index (χ0n) is 13.0.